The molecule has 1 aromatic carbocycles. The lowest BCUT2D eigenvalue weighted by molar-refractivity contribution is 0.229. The quantitative estimate of drug-likeness (QED) is 0.466. The molecule has 130 valence electrons. The Morgan fingerprint density at radius 2 is 2.08 bits per heavy atom. The highest BCUT2D eigenvalue weighted by molar-refractivity contribution is 7.88. The van der Waals surface area contributed by atoms with E-state index in [1.807, 2.05) is 38.1 Å². The summed E-state index contributed by atoms with van der Waals surface area (Å²) in [5.41, 5.74) is 0.703. The second-order valence-corrected chi connectivity index (χ2v) is 8.34. The molecular formula is C19H25NO3S. The summed E-state index contributed by atoms with van der Waals surface area (Å²) >= 11 is 0. The standard InChI is InChI=1S/C19H25NO3S/c1-16(2)15-20(24(3,21)22)14-13-17-9-7-8-12-19(17)23-18-10-5-4-6-11-18/h5,7-10,12,16,18H,4,6,11,15H2,1-3H3. The smallest absolute Gasteiger partial charge is 0.238 e. The third kappa shape index (κ3) is 5.61. The third-order valence-electron chi connectivity index (χ3n) is 3.62. The van der Waals surface area contributed by atoms with Gasteiger partial charge in [0.2, 0.25) is 10.0 Å². The molecule has 0 radical (unpaired) electrons. The maximum atomic E-state index is 11.9. The fraction of sp³-hybridized carbons (Fsp3) is 0.474. The van der Waals surface area contributed by atoms with Crippen LogP contribution in [0, 0.1) is 17.9 Å². The second kappa shape index (κ2) is 8.25. The van der Waals surface area contributed by atoms with Crippen LogP contribution in [0.15, 0.2) is 36.4 Å². The van der Waals surface area contributed by atoms with Gasteiger partial charge in [-0.15, -0.1) is 0 Å². The van der Waals surface area contributed by atoms with E-state index in [4.69, 9.17) is 4.74 Å². The van der Waals surface area contributed by atoms with E-state index in [9.17, 15) is 8.42 Å². The topological polar surface area (TPSA) is 46.6 Å². The number of allylic oxidation sites excluding steroid dienone is 1. The summed E-state index contributed by atoms with van der Waals surface area (Å²) in [6.07, 6.45) is 8.65. The zero-order valence-electron chi connectivity index (χ0n) is 14.5. The Balaban J connectivity index is 2.23. The van der Waals surface area contributed by atoms with Gasteiger partial charge in [-0.25, -0.2) is 12.7 Å². The molecule has 0 amide bonds. The summed E-state index contributed by atoms with van der Waals surface area (Å²) in [6.45, 7) is 4.30. The number of hydrogen-bond donors (Lipinski definition) is 0. The number of ether oxygens (including phenoxy) is 1. The molecule has 0 bridgehead atoms. The lowest BCUT2D eigenvalue weighted by atomic mass is 10.1. The van der Waals surface area contributed by atoms with E-state index in [2.05, 4.69) is 24.1 Å². The predicted octanol–water partition coefficient (Wildman–Crippen LogP) is 3.40. The average molecular weight is 347 g/mol. The van der Waals surface area contributed by atoms with E-state index in [1.54, 1.807) is 0 Å². The van der Waals surface area contributed by atoms with Crippen molar-refractivity contribution < 1.29 is 13.2 Å². The fourth-order valence-corrected chi connectivity index (χ4v) is 3.21. The molecule has 0 spiro atoms. The maximum Gasteiger partial charge on any atom is 0.238 e. The summed E-state index contributed by atoms with van der Waals surface area (Å²) in [5, 5.41) is 0. The van der Waals surface area contributed by atoms with Crippen LogP contribution in [0.5, 0.6) is 5.75 Å². The van der Waals surface area contributed by atoms with Gasteiger partial charge in [0.1, 0.15) is 11.9 Å². The van der Waals surface area contributed by atoms with Gasteiger partial charge in [-0.1, -0.05) is 32.1 Å². The first-order valence-corrected chi connectivity index (χ1v) is 10.1. The van der Waals surface area contributed by atoms with Crippen molar-refractivity contribution in [2.24, 2.45) is 5.92 Å². The van der Waals surface area contributed by atoms with Crippen molar-refractivity contribution in [3.63, 3.8) is 0 Å². The van der Waals surface area contributed by atoms with Crippen LogP contribution in [0.2, 0.25) is 0 Å². The van der Waals surface area contributed by atoms with Gasteiger partial charge in [-0.2, -0.15) is 0 Å². The van der Waals surface area contributed by atoms with Crippen molar-refractivity contribution >= 4 is 10.0 Å². The molecule has 4 nitrogen and oxygen atoms in total. The summed E-state index contributed by atoms with van der Waals surface area (Å²) in [4.78, 5) is 0. The molecule has 1 aromatic rings. The van der Waals surface area contributed by atoms with Gasteiger partial charge < -0.3 is 4.74 Å². The Bertz CT molecular complexity index is 741. The summed E-state index contributed by atoms with van der Waals surface area (Å²) in [6, 6.07) is 10.3. The molecule has 0 saturated heterocycles. The molecule has 0 fully saturated rings. The molecule has 1 atom stereocenters. The maximum absolute atomic E-state index is 11.9. The van der Waals surface area contributed by atoms with Gasteiger partial charge in [0, 0.05) is 12.6 Å². The van der Waals surface area contributed by atoms with Gasteiger partial charge >= 0.3 is 0 Å². The van der Waals surface area contributed by atoms with Gasteiger partial charge in [0.25, 0.3) is 0 Å². The first kappa shape index (κ1) is 18.4. The molecule has 0 saturated carbocycles. The van der Waals surface area contributed by atoms with Gasteiger partial charge in [0.15, 0.2) is 0 Å². The lowest BCUT2D eigenvalue weighted by Gasteiger charge is -2.19. The number of benzene rings is 1. The SMILES string of the molecule is CC(C)CN(C#Cc1ccccc1OC1C=CCCC1)S(C)(=O)=O. The van der Waals surface area contributed by atoms with Crippen molar-refractivity contribution in [3.8, 4) is 17.7 Å². The van der Waals surface area contributed by atoms with Crippen LogP contribution in [-0.2, 0) is 10.0 Å². The van der Waals surface area contributed by atoms with Crippen molar-refractivity contribution in [2.75, 3.05) is 12.8 Å². The molecule has 24 heavy (non-hydrogen) atoms. The normalized spacial score (nSPS) is 17.2. The number of sulfonamides is 1. The molecule has 0 aromatic heterocycles. The Morgan fingerprint density at radius 1 is 1.33 bits per heavy atom. The van der Waals surface area contributed by atoms with Crippen LogP contribution in [0.1, 0.15) is 38.7 Å². The number of rotatable bonds is 5. The highest BCUT2D eigenvalue weighted by Gasteiger charge is 2.15. The number of hydrogen-bond acceptors (Lipinski definition) is 3. The molecule has 1 aliphatic rings. The van der Waals surface area contributed by atoms with Crippen molar-refractivity contribution in [1.82, 2.24) is 4.31 Å². The average Bonchev–Trinajstić information content (AvgIpc) is 2.52. The van der Waals surface area contributed by atoms with Crippen LogP contribution in [-0.4, -0.2) is 31.6 Å². The van der Waals surface area contributed by atoms with Gasteiger partial charge in [-0.05, 0) is 49.3 Å². The number of nitrogens with zero attached hydrogens (tertiary/aromatic N) is 1. The highest BCUT2D eigenvalue weighted by atomic mass is 32.2. The molecule has 1 unspecified atom stereocenters. The van der Waals surface area contributed by atoms with Crippen molar-refractivity contribution in [3.05, 3.63) is 42.0 Å². The van der Waals surface area contributed by atoms with E-state index < -0.39 is 10.0 Å². The van der Waals surface area contributed by atoms with Crippen LogP contribution < -0.4 is 4.74 Å². The van der Waals surface area contributed by atoms with Crippen molar-refractivity contribution in [1.29, 1.82) is 0 Å². The zero-order chi connectivity index (χ0) is 17.6. The first-order chi connectivity index (χ1) is 11.4. The summed E-state index contributed by atoms with van der Waals surface area (Å²) in [7, 11) is -3.36. The van der Waals surface area contributed by atoms with Crippen molar-refractivity contribution in [2.45, 2.75) is 39.2 Å². The van der Waals surface area contributed by atoms with E-state index in [-0.39, 0.29) is 12.0 Å². The van der Waals surface area contributed by atoms with Gasteiger partial charge in [0.05, 0.1) is 11.8 Å². The monoisotopic (exact) mass is 347 g/mol. The van der Waals surface area contributed by atoms with Crippen LogP contribution in [0.3, 0.4) is 0 Å². The molecule has 0 aliphatic heterocycles. The Hall–Kier alpha value is -1.93. The van der Waals surface area contributed by atoms with Crippen LogP contribution in [0.4, 0.5) is 0 Å². The summed E-state index contributed by atoms with van der Waals surface area (Å²) in [5.74, 6) is 3.86. The Morgan fingerprint density at radius 3 is 2.71 bits per heavy atom. The molecule has 5 heteroatoms. The molecule has 1 aliphatic carbocycles. The van der Waals surface area contributed by atoms with Gasteiger partial charge in [-0.3, -0.25) is 0 Å². The van der Waals surface area contributed by atoms with E-state index >= 15 is 0 Å². The molecule has 0 N–H and O–H groups in total. The van der Waals surface area contributed by atoms with E-state index in [0.29, 0.717) is 17.9 Å². The molecule has 0 heterocycles. The molecular weight excluding hydrogens is 322 g/mol. The molecule has 2 rings (SSSR count). The highest BCUT2D eigenvalue weighted by Crippen LogP contribution is 2.22. The third-order valence-corrected chi connectivity index (χ3v) is 4.66. The Kier molecular flexibility index (Phi) is 6.33. The van der Waals surface area contributed by atoms with E-state index in [0.717, 1.165) is 19.3 Å². The zero-order valence-corrected chi connectivity index (χ0v) is 15.3. The minimum atomic E-state index is -3.36. The van der Waals surface area contributed by atoms with Crippen LogP contribution in [0.25, 0.3) is 0 Å². The minimum absolute atomic E-state index is 0.0587. The summed E-state index contributed by atoms with van der Waals surface area (Å²) < 4.78 is 31.0. The minimum Gasteiger partial charge on any atom is -0.485 e. The fourth-order valence-electron chi connectivity index (χ4n) is 2.43. The largest absolute Gasteiger partial charge is 0.485 e. The van der Waals surface area contributed by atoms with Crippen LogP contribution >= 0.6 is 0 Å². The number of para-hydroxylation sites is 1. The first-order valence-electron chi connectivity index (χ1n) is 8.28. The second-order valence-electron chi connectivity index (χ2n) is 6.44. The predicted molar refractivity (Wildman–Crippen MR) is 97.1 cm³/mol. The van der Waals surface area contributed by atoms with E-state index in [1.165, 1.54) is 10.6 Å². The lowest BCUT2D eigenvalue weighted by Crippen LogP contribution is -2.29. The Labute approximate surface area is 145 Å².